The molecule has 3 aromatic heterocycles. The largest absolute Gasteiger partial charge is 0.341 e. The lowest BCUT2D eigenvalue weighted by Gasteiger charge is -2.21. The van der Waals surface area contributed by atoms with Crippen molar-refractivity contribution >= 4 is 38.8 Å². The molecule has 0 aliphatic carbocycles. The third-order valence-electron chi connectivity index (χ3n) is 4.39. The first-order chi connectivity index (χ1) is 12.5. The lowest BCUT2D eigenvalue weighted by Crippen LogP contribution is -2.37. The maximum Gasteiger partial charge on any atom is 0.263 e. The molecule has 0 aromatic carbocycles. The second-order valence-corrected chi connectivity index (χ2v) is 8.39. The van der Waals surface area contributed by atoms with Crippen LogP contribution in [0.4, 0.5) is 0 Å². The molecule has 5 nitrogen and oxygen atoms in total. The summed E-state index contributed by atoms with van der Waals surface area (Å²) in [5.41, 5.74) is 0.776. The molecule has 3 rings (SSSR count). The van der Waals surface area contributed by atoms with Gasteiger partial charge in [-0.2, -0.15) is 0 Å². The van der Waals surface area contributed by atoms with Crippen LogP contribution in [0.2, 0.25) is 0 Å². The van der Waals surface area contributed by atoms with Crippen molar-refractivity contribution in [3.63, 3.8) is 0 Å². The number of amides is 1. The summed E-state index contributed by atoms with van der Waals surface area (Å²) in [7, 11) is 0. The monoisotopic (exact) mass is 389 g/mol. The minimum Gasteiger partial charge on any atom is -0.341 e. The zero-order valence-corrected chi connectivity index (χ0v) is 17.0. The van der Waals surface area contributed by atoms with Gasteiger partial charge in [0.2, 0.25) is 5.91 Å². The Morgan fingerprint density at radius 2 is 2.12 bits per heavy atom. The summed E-state index contributed by atoms with van der Waals surface area (Å²) >= 11 is 3.13. The van der Waals surface area contributed by atoms with E-state index < -0.39 is 0 Å². The zero-order valence-electron chi connectivity index (χ0n) is 15.3. The molecular weight excluding hydrogens is 366 g/mol. The van der Waals surface area contributed by atoms with Gasteiger partial charge >= 0.3 is 0 Å². The van der Waals surface area contributed by atoms with E-state index in [0.29, 0.717) is 11.9 Å². The topological polar surface area (TPSA) is 55.2 Å². The van der Waals surface area contributed by atoms with Crippen LogP contribution in [0, 0.1) is 6.92 Å². The first-order valence-corrected chi connectivity index (χ1v) is 10.6. The van der Waals surface area contributed by atoms with E-state index in [-0.39, 0.29) is 18.0 Å². The number of thiophene rings is 2. The number of unbranched alkanes of at least 4 members (excludes halogenated alkanes) is 1. The molecule has 3 aromatic rings. The van der Waals surface area contributed by atoms with E-state index in [2.05, 4.69) is 18.0 Å². The van der Waals surface area contributed by atoms with Crippen LogP contribution < -0.4 is 5.56 Å². The first kappa shape index (κ1) is 18.8. The van der Waals surface area contributed by atoms with Gasteiger partial charge in [0.15, 0.2) is 0 Å². The van der Waals surface area contributed by atoms with Gasteiger partial charge in [-0.15, -0.1) is 22.7 Å². The molecule has 0 radical (unpaired) electrons. The Kier molecular flexibility index (Phi) is 5.88. The van der Waals surface area contributed by atoms with Crippen LogP contribution in [-0.4, -0.2) is 33.4 Å². The molecule has 1 amide bonds. The molecule has 0 saturated carbocycles. The van der Waals surface area contributed by atoms with Crippen LogP contribution in [0.15, 0.2) is 28.6 Å². The van der Waals surface area contributed by atoms with Gasteiger partial charge in [0.25, 0.3) is 5.56 Å². The molecule has 0 aliphatic rings. The van der Waals surface area contributed by atoms with Crippen molar-refractivity contribution < 1.29 is 4.79 Å². The van der Waals surface area contributed by atoms with Crippen LogP contribution >= 0.6 is 22.7 Å². The number of rotatable bonds is 7. The second-order valence-electron chi connectivity index (χ2n) is 6.24. The number of aryl methyl sites for hydroxylation is 1. The highest BCUT2D eigenvalue weighted by Gasteiger charge is 2.17. The normalized spacial score (nSPS) is 11.2. The average molecular weight is 390 g/mol. The van der Waals surface area contributed by atoms with E-state index in [1.807, 2.05) is 25.3 Å². The summed E-state index contributed by atoms with van der Waals surface area (Å²) in [4.78, 5) is 34.8. The molecule has 0 N–H and O–H groups in total. The SMILES string of the molecule is CCCCN(CC)C(=O)Cn1cnc2scc(-c3ccc(C)s3)c2c1=O. The number of carbonyl (C=O) groups is 1. The molecule has 0 unspecified atom stereocenters. The van der Waals surface area contributed by atoms with Gasteiger partial charge < -0.3 is 4.90 Å². The highest BCUT2D eigenvalue weighted by atomic mass is 32.1. The van der Waals surface area contributed by atoms with Gasteiger partial charge in [-0.3, -0.25) is 14.2 Å². The van der Waals surface area contributed by atoms with Gasteiger partial charge in [-0.25, -0.2) is 4.98 Å². The quantitative estimate of drug-likeness (QED) is 0.610. The standard InChI is InChI=1S/C19H23N3O2S2/c1-4-6-9-21(5-2)16(23)10-22-12-20-18-17(19(22)24)14(11-25-18)15-8-7-13(3)26-15/h7-8,11-12H,4-6,9-10H2,1-3H3. The van der Waals surface area contributed by atoms with Crippen LogP contribution in [0.5, 0.6) is 0 Å². The number of hydrogen-bond donors (Lipinski definition) is 0. The van der Waals surface area contributed by atoms with Gasteiger partial charge in [0.05, 0.1) is 11.7 Å². The lowest BCUT2D eigenvalue weighted by molar-refractivity contribution is -0.131. The maximum atomic E-state index is 13.0. The van der Waals surface area contributed by atoms with E-state index in [0.717, 1.165) is 34.7 Å². The van der Waals surface area contributed by atoms with Gasteiger partial charge in [0, 0.05) is 33.8 Å². The van der Waals surface area contributed by atoms with Gasteiger partial charge in [-0.05, 0) is 32.4 Å². The maximum absolute atomic E-state index is 13.0. The molecular formula is C19H23N3O2S2. The predicted molar refractivity (Wildman–Crippen MR) is 109 cm³/mol. The van der Waals surface area contributed by atoms with Crippen LogP contribution in [0.25, 0.3) is 20.7 Å². The van der Waals surface area contributed by atoms with E-state index in [4.69, 9.17) is 0 Å². The van der Waals surface area contributed by atoms with Crippen molar-refractivity contribution in [1.82, 2.24) is 14.5 Å². The highest BCUT2D eigenvalue weighted by Crippen LogP contribution is 2.34. The van der Waals surface area contributed by atoms with E-state index in [1.54, 1.807) is 16.2 Å². The molecule has 7 heteroatoms. The highest BCUT2D eigenvalue weighted by molar-refractivity contribution is 7.19. The van der Waals surface area contributed by atoms with Crippen molar-refractivity contribution in [1.29, 1.82) is 0 Å². The summed E-state index contributed by atoms with van der Waals surface area (Å²) in [5.74, 6) is -0.0343. The summed E-state index contributed by atoms with van der Waals surface area (Å²) < 4.78 is 1.44. The first-order valence-electron chi connectivity index (χ1n) is 8.86. The molecule has 0 bridgehead atoms. The van der Waals surface area contributed by atoms with Crippen LogP contribution in [-0.2, 0) is 11.3 Å². The van der Waals surface area contributed by atoms with Gasteiger partial charge in [-0.1, -0.05) is 13.3 Å². The Bertz CT molecular complexity index is 971. The number of hydrogen-bond acceptors (Lipinski definition) is 5. The zero-order chi connectivity index (χ0) is 18.7. The van der Waals surface area contributed by atoms with E-state index >= 15 is 0 Å². The van der Waals surface area contributed by atoms with Crippen molar-refractivity contribution in [2.45, 2.75) is 40.2 Å². The molecule has 0 spiro atoms. The molecule has 0 atom stereocenters. The number of likely N-dealkylation sites (N-methyl/N-ethyl adjacent to an activating group) is 1. The number of nitrogens with zero attached hydrogens (tertiary/aromatic N) is 3. The summed E-state index contributed by atoms with van der Waals surface area (Å²) in [6, 6.07) is 4.09. The smallest absolute Gasteiger partial charge is 0.263 e. The fourth-order valence-electron chi connectivity index (χ4n) is 2.89. The van der Waals surface area contributed by atoms with Crippen molar-refractivity contribution in [3.8, 4) is 10.4 Å². The molecule has 3 heterocycles. The molecule has 26 heavy (non-hydrogen) atoms. The second kappa shape index (κ2) is 8.14. The molecule has 0 fully saturated rings. The van der Waals surface area contributed by atoms with Crippen molar-refractivity contribution in [3.05, 3.63) is 39.1 Å². The van der Waals surface area contributed by atoms with E-state index in [1.165, 1.54) is 27.1 Å². The van der Waals surface area contributed by atoms with E-state index in [9.17, 15) is 9.59 Å². The third kappa shape index (κ3) is 3.73. The fraction of sp³-hybridized carbons (Fsp3) is 0.421. The summed E-state index contributed by atoms with van der Waals surface area (Å²) in [6.45, 7) is 7.54. The average Bonchev–Trinajstić information content (AvgIpc) is 3.24. The van der Waals surface area contributed by atoms with Crippen LogP contribution in [0.1, 0.15) is 31.6 Å². The molecule has 138 valence electrons. The van der Waals surface area contributed by atoms with Crippen LogP contribution in [0.3, 0.4) is 0 Å². The van der Waals surface area contributed by atoms with Crippen molar-refractivity contribution in [2.75, 3.05) is 13.1 Å². The molecule has 0 saturated heterocycles. The number of aromatic nitrogens is 2. The number of carbonyl (C=O) groups excluding carboxylic acids is 1. The minimum absolute atomic E-state index is 0.0343. The molecule has 0 aliphatic heterocycles. The Labute approximate surface area is 160 Å². The Morgan fingerprint density at radius 3 is 2.77 bits per heavy atom. The van der Waals surface area contributed by atoms with Crippen molar-refractivity contribution in [2.24, 2.45) is 0 Å². The lowest BCUT2D eigenvalue weighted by atomic mass is 10.2. The Morgan fingerprint density at radius 1 is 1.31 bits per heavy atom. The summed E-state index contributed by atoms with van der Waals surface area (Å²) in [6.07, 6.45) is 3.50. The predicted octanol–water partition coefficient (Wildman–Crippen LogP) is 4.14. The Balaban J connectivity index is 1.94. The summed E-state index contributed by atoms with van der Waals surface area (Å²) in [5, 5.41) is 2.60. The number of fused-ring (bicyclic) bond motifs is 1. The van der Waals surface area contributed by atoms with Gasteiger partial charge in [0.1, 0.15) is 11.4 Å². The Hall–Kier alpha value is -1.99. The fourth-order valence-corrected chi connectivity index (χ4v) is 4.76. The third-order valence-corrected chi connectivity index (χ3v) is 6.31. The minimum atomic E-state index is -0.141.